The van der Waals surface area contributed by atoms with Crippen molar-refractivity contribution in [3.05, 3.63) is 253 Å². The molecule has 0 saturated heterocycles. The number of hydrogen-bond donors (Lipinski definition) is 0. The summed E-state index contributed by atoms with van der Waals surface area (Å²) in [5, 5.41) is 12.9. The Hall–Kier alpha value is -8.14. The summed E-state index contributed by atoms with van der Waals surface area (Å²) in [6, 6.07) is 87.8. The van der Waals surface area contributed by atoms with Crippen LogP contribution in [0.1, 0.15) is 22.3 Å². The Morgan fingerprint density at radius 3 is 1.26 bits per heavy atom. The molecule has 2 aliphatic carbocycles. The van der Waals surface area contributed by atoms with E-state index in [9.17, 15) is 0 Å². The summed E-state index contributed by atoms with van der Waals surface area (Å²) in [7, 11) is 0. The molecule has 0 saturated carbocycles. The summed E-state index contributed by atoms with van der Waals surface area (Å²) in [6.45, 7) is 0. The van der Waals surface area contributed by atoms with E-state index in [1.807, 2.05) is 22.7 Å². The highest BCUT2D eigenvalue weighted by molar-refractivity contribution is 7.26. The van der Waals surface area contributed by atoms with Crippen molar-refractivity contribution < 1.29 is 0 Å². The molecule has 0 amide bonds. The summed E-state index contributed by atoms with van der Waals surface area (Å²) in [6.07, 6.45) is 0. The third-order valence-corrected chi connectivity index (χ3v) is 18.1. The van der Waals surface area contributed by atoms with E-state index in [1.165, 1.54) is 151 Å². The molecule has 2 heteroatoms. The van der Waals surface area contributed by atoms with Crippen LogP contribution in [0.15, 0.2) is 231 Å². The van der Waals surface area contributed by atoms with Gasteiger partial charge in [0.1, 0.15) is 0 Å². The van der Waals surface area contributed by atoms with E-state index < -0.39 is 5.41 Å². The lowest BCUT2D eigenvalue weighted by molar-refractivity contribution is 0.796. The molecule has 0 fully saturated rings. The molecule has 0 atom stereocenters. The highest BCUT2D eigenvalue weighted by Gasteiger charge is 2.53. The first-order valence-corrected chi connectivity index (χ1v) is 25.5. The van der Waals surface area contributed by atoms with Crippen molar-refractivity contribution in [3.63, 3.8) is 0 Å². The zero-order valence-electron chi connectivity index (χ0n) is 37.3. The maximum absolute atomic E-state index is 2.54. The van der Waals surface area contributed by atoms with Gasteiger partial charge in [0, 0.05) is 51.5 Å². The molecule has 0 N–H and O–H groups in total. The lowest BCUT2D eigenvalue weighted by Crippen LogP contribution is -2.26. The third-order valence-electron chi connectivity index (χ3n) is 15.7. The number of hydrogen-bond acceptors (Lipinski definition) is 2. The van der Waals surface area contributed by atoms with Crippen molar-refractivity contribution in [1.82, 2.24) is 0 Å². The molecule has 2 aliphatic rings. The molecule has 0 nitrogen and oxygen atoms in total. The number of fused-ring (bicyclic) bond motifs is 20. The monoisotopic (exact) mass is 906 g/mol. The van der Waals surface area contributed by atoms with E-state index in [-0.39, 0.29) is 0 Å². The van der Waals surface area contributed by atoms with E-state index in [0.717, 1.165) is 0 Å². The van der Waals surface area contributed by atoms with E-state index in [2.05, 4.69) is 231 Å². The first-order valence-electron chi connectivity index (χ1n) is 23.9. The molecular weight excluding hydrogens is 869 g/mol. The molecular formula is C67H38S2. The van der Waals surface area contributed by atoms with E-state index >= 15 is 0 Å². The van der Waals surface area contributed by atoms with Crippen LogP contribution in [0.5, 0.6) is 0 Å². The van der Waals surface area contributed by atoms with Crippen LogP contribution < -0.4 is 0 Å². The molecule has 16 rings (SSSR count). The number of thiophene rings is 2. The van der Waals surface area contributed by atoms with Crippen molar-refractivity contribution in [2.45, 2.75) is 5.41 Å². The average Bonchev–Trinajstić information content (AvgIpc) is 4.16. The molecule has 2 heterocycles. The smallest absolute Gasteiger partial charge is 0.0731 e. The van der Waals surface area contributed by atoms with Gasteiger partial charge in [-0.05, 0) is 117 Å². The molecule has 0 bridgehead atoms. The van der Waals surface area contributed by atoms with E-state index in [4.69, 9.17) is 0 Å². The minimum Gasteiger partial charge on any atom is -0.135 e. The maximum atomic E-state index is 2.54. The van der Waals surface area contributed by atoms with Crippen LogP contribution in [0.4, 0.5) is 0 Å². The molecule has 12 aromatic carbocycles. The maximum Gasteiger partial charge on any atom is 0.0731 e. The molecule has 2 aromatic heterocycles. The fourth-order valence-electron chi connectivity index (χ4n) is 13.0. The number of benzene rings is 12. The van der Waals surface area contributed by atoms with E-state index in [0.29, 0.717) is 0 Å². The second kappa shape index (κ2) is 14.0. The largest absolute Gasteiger partial charge is 0.135 e. The zero-order chi connectivity index (χ0) is 45.0. The van der Waals surface area contributed by atoms with Gasteiger partial charge < -0.3 is 0 Å². The third kappa shape index (κ3) is 4.92. The van der Waals surface area contributed by atoms with Gasteiger partial charge in [-0.1, -0.05) is 212 Å². The second-order valence-corrected chi connectivity index (χ2v) is 21.0. The predicted octanol–water partition coefficient (Wildman–Crippen LogP) is 19.2. The van der Waals surface area contributed by atoms with Crippen LogP contribution >= 0.6 is 22.7 Å². The van der Waals surface area contributed by atoms with E-state index in [1.54, 1.807) is 0 Å². The Morgan fingerprint density at radius 2 is 0.667 bits per heavy atom. The average molecular weight is 907 g/mol. The summed E-state index contributed by atoms with van der Waals surface area (Å²) in [5.41, 5.74) is 17.8. The highest BCUT2D eigenvalue weighted by Crippen LogP contribution is 2.66. The lowest BCUT2D eigenvalue weighted by Gasteiger charge is -2.33. The van der Waals surface area contributed by atoms with Gasteiger partial charge in [-0.25, -0.2) is 0 Å². The minimum absolute atomic E-state index is 0.548. The van der Waals surface area contributed by atoms with Gasteiger partial charge in [-0.2, -0.15) is 0 Å². The van der Waals surface area contributed by atoms with Gasteiger partial charge in [0.25, 0.3) is 0 Å². The molecule has 0 radical (unpaired) electrons. The van der Waals surface area contributed by atoms with Gasteiger partial charge in [0.2, 0.25) is 0 Å². The fourth-order valence-corrected chi connectivity index (χ4v) is 15.5. The standard InChI is InChI=1S/C67H38S2/c1-2-17-40-39(16-1)36-37-59-63(40)54-31-15-30-53(64(54)67(59)57-32-7-3-18-43(57)44-19-4-8-33-58(44)67)62-47-24-11-22-41(49-26-13-28-51-45-20-5-9-34-60(45)68-65(49)51)55(47)38-56-42(23-12-25-48(56)62)50-27-14-29-52-46-21-6-10-35-61(46)69-66(50)52/h1-38H. The molecule has 0 aliphatic heterocycles. The molecule has 69 heavy (non-hydrogen) atoms. The summed E-state index contributed by atoms with van der Waals surface area (Å²) >= 11 is 3.82. The Bertz CT molecular complexity index is 4340. The number of rotatable bonds is 3. The Balaban J connectivity index is 1.09. The Labute approximate surface area is 406 Å². The molecule has 14 aromatic rings. The van der Waals surface area contributed by atoms with Gasteiger partial charge >= 0.3 is 0 Å². The summed E-state index contributed by atoms with van der Waals surface area (Å²) < 4.78 is 5.30. The molecule has 1 spiro atoms. The first kappa shape index (κ1) is 37.9. The van der Waals surface area contributed by atoms with Crippen LogP contribution in [0.25, 0.3) is 128 Å². The summed E-state index contributed by atoms with van der Waals surface area (Å²) in [4.78, 5) is 0. The Morgan fingerprint density at radius 1 is 0.246 bits per heavy atom. The lowest BCUT2D eigenvalue weighted by atomic mass is 9.68. The van der Waals surface area contributed by atoms with Crippen molar-refractivity contribution in [3.8, 4) is 55.6 Å². The predicted molar refractivity (Wildman–Crippen MR) is 297 cm³/mol. The first-order chi connectivity index (χ1) is 34.3. The van der Waals surface area contributed by atoms with Gasteiger partial charge in [-0.3, -0.25) is 0 Å². The van der Waals surface area contributed by atoms with Crippen molar-refractivity contribution >= 4 is 95.3 Å². The van der Waals surface area contributed by atoms with Crippen LogP contribution in [0.3, 0.4) is 0 Å². The normalized spacial score (nSPS) is 13.3. The topological polar surface area (TPSA) is 0 Å². The van der Waals surface area contributed by atoms with Crippen molar-refractivity contribution in [1.29, 1.82) is 0 Å². The minimum atomic E-state index is -0.548. The van der Waals surface area contributed by atoms with Crippen LogP contribution in [0, 0.1) is 0 Å². The van der Waals surface area contributed by atoms with Crippen LogP contribution in [-0.4, -0.2) is 0 Å². The second-order valence-electron chi connectivity index (χ2n) is 18.9. The Kier molecular flexibility index (Phi) is 7.67. The molecule has 318 valence electrons. The molecule has 0 unspecified atom stereocenters. The zero-order valence-corrected chi connectivity index (χ0v) is 38.9. The summed E-state index contributed by atoms with van der Waals surface area (Å²) in [5.74, 6) is 0. The SMILES string of the molecule is c1ccc2c(c1)-c1ccccc1C21c2ccc3ccccc3c2-c2cccc(-c3c4cccc(-c5cccc6c5sc5ccccc56)c4cc4c(-c5cccc6c5sc5ccccc56)cccc34)c21. The van der Waals surface area contributed by atoms with Crippen LogP contribution in [-0.2, 0) is 5.41 Å². The van der Waals surface area contributed by atoms with Crippen LogP contribution in [0.2, 0.25) is 0 Å². The van der Waals surface area contributed by atoms with Gasteiger partial charge in [0.05, 0.1) is 5.41 Å². The fraction of sp³-hybridized carbons (Fsp3) is 0.0149. The van der Waals surface area contributed by atoms with Crippen molar-refractivity contribution in [2.24, 2.45) is 0 Å². The van der Waals surface area contributed by atoms with Gasteiger partial charge in [-0.15, -0.1) is 22.7 Å². The quantitative estimate of drug-likeness (QED) is 0.155. The highest BCUT2D eigenvalue weighted by atomic mass is 32.1. The van der Waals surface area contributed by atoms with Gasteiger partial charge in [0.15, 0.2) is 0 Å². The van der Waals surface area contributed by atoms with Crippen molar-refractivity contribution in [2.75, 3.05) is 0 Å².